The molecule has 0 unspecified atom stereocenters. The van der Waals surface area contributed by atoms with E-state index in [1.165, 1.54) is 6.07 Å². The minimum Gasteiger partial charge on any atom is -0.478 e. The SMILES string of the molecule is CC(C)CNC(=O)c1ccc(-c2ccccc2/C=C/c2ccc(C(=N)N)cc2)c(C(=O)O)c1.CS(=O)(=O)O. The summed E-state index contributed by atoms with van der Waals surface area (Å²) < 4.78 is 25.9. The molecule has 0 aliphatic rings. The molecule has 6 N–H and O–H groups in total. The van der Waals surface area contributed by atoms with Crippen molar-refractivity contribution in [1.29, 1.82) is 5.41 Å². The first-order valence-corrected chi connectivity index (χ1v) is 13.4. The zero-order chi connectivity index (χ0) is 28.5. The van der Waals surface area contributed by atoms with Crippen LogP contribution in [0, 0.1) is 11.3 Å². The van der Waals surface area contributed by atoms with E-state index in [0.29, 0.717) is 35.4 Å². The Hall–Kier alpha value is -4.28. The zero-order valence-electron chi connectivity index (χ0n) is 21.3. The van der Waals surface area contributed by atoms with Crippen LogP contribution in [0.25, 0.3) is 23.3 Å². The highest BCUT2D eigenvalue weighted by Crippen LogP contribution is 2.29. The Morgan fingerprint density at radius 1 is 0.974 bits per heavy atom. The van der Waals surface area contributed by atoms with Crippen LogP contribution in [0.4, 0.5) is 0 Å². The first-order chi connectivity index (χ1) is 17.8. The molecule has 0 spiro atoms. The third-order valence-corrected chi connectivity index (χ3v) is 5.11. The third kappa shape index (κ3) is 9.64. The number of hydrogen-bond acceptors (Lipinski definition) is 5. The van der Waals surface area contributed by atoms with Gasteiger partial charge in [0.05, 0.1) is 11.8 Å². The largest absolute Gasteiger partial charge is 0.478 e. The van der Waals surface area contributed by atoms with Crippen LogP contribution in [0.15, 0.2) is 66.7 Å². The Kier molecular flexibility index (Phi) is 10.5. The molecule has 0 bridgehead atoms. The summed E-state index contributed by atoms with van der Waals surface area (Å²) in [5.74, 6) is -1.08. The lowest BCUT2D eigenvalue weighted by Gasteiger charge is -2.13. The molecule has 0 saturated carbocycles. The Morgan fingerprint density at radius 3 is 2.11 bits per heavy atom. The first-order valence-electron chi connectivity index (χ1n) is 11.6. The van der Waals surface area contributed by atoms with Gasteiger partial charge in [-0.3, -0.25) is 14.8 Å². The van der Waals surface area contributed by atoms with E-state index in [4.69, 9.17) is 15.7 Å². The molecule has 38 heavy (non-hydrogen) atoms. The second-order valence-electron chi connectivity index (χ2n) is 8.86. The molecule has 0 fully saturated rings. The van der Waals surface area contributed by atoms with E-state index in [1.54, 1.807) is 24.3 Å². The maximum Gasteiger partial charge on any atom is 0.336 e. The van der Waals surface area contributed by atoms with Gasteiger partial charge in [0.1, 0.15) is 5.84 Å². The van der Waals surface area contributed by atoms with Gasteiger partial charge in [0.15, 0.2) is 0 Å². The Bertz CT molecular complexity index is 1440. The number of amides is 1. The van der Waals surface area contributed by atoms with Gasteiger partial charge in [-0.2, -0.15) is 8.42 Å². The molecule has 200 valence electrons. The van der Waals surface area contributed by atoms with E-state index in [2.05, 4.69) is 5.32 Å². The molecule has 0 radical (unpaired) electrons. The van der Waals surface area contributed by atoms with Crippen LogP contribution >= 0.6 is 0 Å². The maximum absolute atomic E-state index is 12.4. The Labute approximate surface area is 222 Å². The monoisotopic (exact) mass is 537 g/mol. The lowest BCUT2D eigenvalue weighted by molar-refractivity contribution is 0.0697. The highest BCUT2D eigenvalue weighted by atomic mass is 32.2. The summed E-state index contributed by atoms with van der Waals surface area (Å²) in [6.45, 7) is 4.51. The van der Waals surface area contributed by atoms with Crippen LogP contribution in [0.1, 0.15) is 51.3 Å². The van der Waals surface area contributed by atoms with Gasteiger partial charge >= 0.3 is 5.97 Å². The van der Waals surface area contributed by atoms with Crippen molar-refractivity contribution in [2.75, 3.05) is 12.8 Å². The number of benzene rings is 3. The molecule has 0 aliphatic carbocycles. The smallest absolute Gasteiger partial charge is 0.336 e. The van der Waals surface area contributed by atoms with Crippen molar-refractivity contribution in [3.63, 3.8) is 0 Å². The third-order valence-electron chi connectivity index (χ3n) is 5.11. The summed E-state index contributed by atoms with van der Waals surface area (Å²) >= 11 is 0. The lowest BCUT2D eigenvalue weighted by Crippen LogP contribution is -2.27. The number of aromatic carboxylic acids is 1. The van der Waals surface area contributed by atoms with Crippen LogP contribution in [0.5, 0.6) is 0 Å². The van der Waals surface area contributed by atoms with Crippen molar-refractivity contribution in [3.8, 4) is 11.1 Å². The fourth-order valence-electron chi connectivity index (χ4n) is 3.34. The highest BCUT2D eigenvalue weighted by Gasteiger charge is 2.17. The van der Waals surface area contributed by atoms with E-state index >= 15 is 0 Å². The molecule has 0 aromatic heterocycles. The van der Waals surface area contributed by atoms with Gasteiger partial charge in [-0.15, -0.1) is 0 Å². The van der Waals surface area contributed by atoms with Crippen LogP contribution in [0.3, 0.4) is 0 Å². The summed E-state index contributed by atoms with van der Waals surface area (Å²) in [7, 11) is -3.67. The molecular formula is C28H31N3O6S. The fraction of sp³-hybridized carbons (Fsp3) is 0.179. The van der Waals surface area contributed by atoms with Gasteiger partial charge in [0.2, 0.25) is 0 Å². The van der Waals surface area contributed by atoms with Gasteiger partial charge in [0, 0.05) is 17.7 Å². The van der Waals surface area contributed by atoms with Crippen LogP contribution in [-0.2, 0) is 10.1 Å². The molecule has 10 heteroatoms. The molecule has 0 heterocycles. The summed E-state index contributed by atoms with van der Waals surface area (Å²) in [6, 6.07) is 19.5. The fourth-order valence-corrected chi connectivity index (χ4v) is 3.34. The molecule has 3 aromatic rings. The molecular weight excluding hydrogens is 506 g/mol. The predicted octanol–water partition coefficient (Wildman–Crippen LogP) is 4.40. The lowest BCUT2D eigenvalue weighted by atomic mass is 9.93. The quantitative estimate of drug-likeness (QED) is 0.123. The first kappa shape index (κ1) is 29.9. The maximum atomic E-state index is 12.4. The molecule has 1 amide bonds. The summed E-state index contributed by atoms with van der Waals surface area (Å²) in [4.78, 5) is 24.5. The number of nitrogen functional groups attached to an aromatic ring is 1. The van der Waals surface area contributed by atoms with Crippen molar-refractivity contribution < 1.29 is 27.7 Å². The number of rotatable bonds is 8. The minimum atomic E-state index is -3.67. The van der Waals surface area contributed by atoms with E-state index in [9.17, 15) is 23.1 Å². The van der Waals surface area contributed by atoms with Crippen molar-refractivity contribution in [1.82, 2.24) is 5.32 Å². The number of carboxylic acid groups (broad SMARTS) is 1. The Morgan fingerprint density at radius 2 is 1.55 bits per heavy atom. The molecule has 0 aliphatic heterocycles. The zero-order valence-corrected chi connectivity index (χ0v) is 22.1. The number of nitrogens with two attached hydrogens (primary N) is 1. The summed E-state index contributed by atoms with van der Waals surface area (Å²) in [5.41, 5.74) is 9.59. The van der Waals surface area contributed by atoms with Gasteiger partial charge < -0.3 is 16.2 Å². The molecule has 9 nitrogen and oxygen atoms in total. The van der Waals surface area contributed by atoms with Gasteiger partial charge in [-0.25, -0.2) is 4.79 Å². The molecule has 0 saturated heterocycles. The summed E-state index contributed by atoms with van der Waals surface area (Å²) in [5, 5.41) is 20.2. The van der Waals surface area contributed by atoms with Crippen molar-refractivity contribution in [2.24, 2.45) is 11.7 Å². The van der Waals surface area contributed by atoms with E-state index in [-0.39, 0.29) is 17.3 Å². The van der Waals surface area contributed by atoms with Gasteiger partial charge in [-0.1, -0.05) is 80.6 Å². The number of carbonyl (C=O) groups excluding carboxylic acids is 1. The average molecular weight is 538 g/mol. The number of nitrogens with one attached hydrogen (secondary N) is 2. The topological polar surface area (TPSA) is 171 Å². The predicted molar refractivity (Wildman–Crippen MR) is 150 cm³/mol. The number of amidine groups is 1. The van der Waals surface area contributed by atoms with Crippen molar-refractivity contribution in [3.05, 3.63) is 94.5 Å². The highest BCUT2D eigenvalue weighted by molar-refractivity contribution is 7.85. The average Bonchev–Trinajstić information content (AvgIpc) is 2.85. The second-order valence-corrected chi connectivity index (χ2v) is 10.3. The van der Waals surface area contributed by atoms with Gasteiger partial charge in [-0.05, 0) is 40.3 Å². The van der Waals surface area contributed by atoms with E-state index in [0.717, 1.165) is 16.7 Å². The summed E-state index contributed by atoms with van der Waals surface area (Å²) in [6.07, 6.45) is 4.54. The van der Waals surface area contributed by atoms with Crippen molar-refractivity contribution in [2.45, 2.75) is 13.8 Å². The van der Waals surface area contributed by atoms with Crippen LogP contribution in [0.2, 0.25) is 0 Å². The van der Waals surface area contributed by atoms with E-state index < -0.39 is 16.1 Å². The number of carbonyl (C=O) groups is 2. The van der Waals surface area contributed by atoms with Crippen LogP contribution < -0.4 is 11.1 Å². The van der Waals surface area contributed by atoms with Gasteiger partial charge in [0.25, 0.3) is 16.0 Å². The number of carboxylic acids is 1. The normalized spacial score (nSPS) is 11.1. The minimum absolute atomic E-state index is 0.0124. The van der Waals surface area contributed by atoms with Crippen molar-refractivity contribution >= 4 is 40.0 Å². The van der Waals surface area contributed by atoms with Crippen LogP contribution in [-0.4, -0.2) is 48.6 Å². The molecule has 0 atom stereocenters. The molecule has 3 rings (SSSR count). The second kappa shape index (κ2) is 13.3. The molecule has 3 aromatic carbocycles. The van der Waals surface area contributed by atoms with E-state index in [1.807, 2.05) is 62.4 Å². The standard InChI is InChI=1S/C27H27N3O3.CH4O3S/c1-17(2)16-30-26(31)21-13-14-23(24(15-21)27(32)33)22-6-4-3-5-19(22)10-7-18-8-11-20(12-9-18)25(28)29;1-5(2,3)4/h3-15,17H,16H2,1-2H3,(H3,28,29)(H,30,31)(H,32,33);1H3,(H,2,3,4)/b10-7+;. The number of hydrogen-bond donors (Lipinski definition) is 5. The Balaban J connectivity index is 0.000000926.